The van der Waals surface area contributed by atoms with Crippen LogP contribution in [0.15, 0.2) is 33.4 Å². The molecule has 0 radical (unpaired) electrons. The predicted octanol–water partition coefficient (Wildman–Crippen LogP) is 2.02. The minimum atomic E-state index is -3.57. The monoisotopic (exact) mass is 473 g/mol. The molecule has 32 heavy (non-hydrogen) atoms. The van der Waals surface area contributed by atoms with E-state index in [0.717, 1.165) is 42.1 Å². The second-order valence-electron chi connectivity index (χ2n) is 8.69. The van der Waals surface area contributed by atoms with Crippen LogP contribution in [0.4, 0.5) is 5.82 Å². The highest BCUT2D eigenvalue weighted by atomic mass is 32.2. The number of nitrogens with one attached hydrogen (secondary N) is 1. The number of pyridine rings is 1. The molecule has 4 heterocycles. The molecule has 9 nitrogen and oxygen atoms in total. The molecule has 0 bridgehead atoms. The first-order valence-electron chi connectivity index (χ1n) is 10.7. The number of sulfonamides is 1. The van der Waals surface area contributed by atoms with Crippen molar-refractivity contribution in [3.05, 3.63) is 29.7 Å². The van der Waals surface area contributed by atoms with Gasteiger partial charge >= 0.3 is 0 Å². The number of aromatic nitrogens is 4. The molecule has 3 aromatic heterocycles. The van der Waals surface area contributed by atoms with Crippen molar-refractivity contribution < 1.29 is 8.42 Å². The van der Waals surface area contributed by atoms with E-state index in [1.165, 1.54) is 41.9 Å². The number of aromatic amines is 1. The average Bonchev–Trinajstić information content (AvgIpc) is 3.10. The number of H-pyrrole nitrogens is 1. The molecule has 1 saturated carbocycles. The van der Waals surface area contributed by atoms with E-state index in [2.05, 4.69) is 28.7 Å². The molecule has 11 heteroatoms. The maximum absolute atomic E-state index is 12.5. The SMILES string of the molecule is CCc1[nH]c2nc(Sc3cncc(S(=O)(=O)N(C)C)c3)nc(N3CC4C(N)C4C3)c2c1C. The third-order valence-corrected chi connectivity index (χ3v) is 9.16. The van der Waals surface area contributed by atoms with Gasteiger partial charge in [-0.25, -0.2) is 22.7 Å². The summed E-state index contributed by atoms with van der Waals surface area (Å²) in [4.78, 5) is 20.4. The minimum absolute atomic E-state index is 0.145. The highest BCUT2D eigenvalue weighted by molar-refractivity contribution is 7.99. The van der Waals surface area contributed by atoms with E-state index in [1.54, 1.807) is 12.3 Å². The van der Waals surface area contributed by atoms with Crippen molar-refractivity contribution in [2.45, 2.75) is 41.3 Å². The van der Waals surface area contributed by atoms with Gasteiger partial charge in [-0.2, -0.15) is 0 Å². The Balaban J connectivity index is 1.54. The summed E-state index contributed by atoms with van der Waals surface area (Å²) in [6.07, 6.45) is 3.87. The first kappa shape index (κ1) is 21.6. The van der Waals surface area contributed by atoms with Gasteiger partial charge in [-0.3, -0.25) is 4.98 Å². The maximum atomic E-state index is 12.5. The Kier molecular flexibility index (Phi) is 5.19. The normalized spacial score (nSPS) is 22.7. The maximum Gasteiger partial charge on any atom is 0.244 e. The topological polar surface area (TPSA) is 121 Å². The van der Waals surface area contributed by atoms with Crippen LogP contribution in [0.3, 0.4) is 0 Å². The molecule has 0 aromatic carbocycles. The number of nitrogens with zero attached hydrogens (tertiary/aromatic N) is 5. The van der Waals surface area contributed by atoms with Crippen molar-refractivity contribution in [3.8, 4) is 0 Å². The lowest BCUT2D eigenvalue weighted by atomic mass is 10.1. The van der Waals surface area contributed by atoms with E-state index < -0.39 is 10.0 Å². The Bertz CT molecular complexity index is 1290. The quantitative estimate of drug-likeness (QED) is 0.522. The lowest BCUT2D eigenvalue weighted by Gasteiger charge is -2.22. The van der Waals surface area contributed by atoms with Crippen molar-refractivity contribution in [1.29, 1.82) is 0 Å². The first-order valence-corrected chi connectivity index (χ1v) is 12.9. The van der Waals surface area contributed by atoms with Gasteiger partial charge in [0, 0.05) is 56.2 Å². The van der Waals surface area contributed by atoms with Crippen molar-refractivity contribution in [2.24, 2.45) is 17.6 Å². The number of hydrogen-bond acceptors (Lipinski definition) is 8. The van der Waals surface area contributed by atoms with Gasteiger partial charge in [0.2, 0.25) is 10.0 Å². The number of nitrogens with two attached hydrogens (primary N) is 1. The minimum Gasteiger partial charge on any atom is -0.355 e. The van der Waals surface area contributed by atoms with Crippen LogP contribution in [0.5, 0.6) is 0 Å². The fourth-order valence-electron chi connectivity index (χ4n) is 4.54. The zero-order valence-electron chi connectivity index (χ0n) is 18.5. The van der Waals surface area contributed by atoms with E-state index in [4.69, 9.17) is 15.7 Å². The number of piperidine rings is 1. The van der Waals surface area contributed by atoms with Gasteiger partial charge in [0.05, 0.1) is 5.39 Å². The Morgan fingerprint density at radius 3 is 2.62 bits per heavy atom. The summed E-state index contributed by atoms with van der Waals surface area (Å²) in [5.74, 6) is 2.01. The van der Waals surface area contributed by atoms with Gasteiger partial charge in [-0.15, -0.1) is 0 Å². The molecular formula is C21H27N7O2S2. The summed E-state index contributed by atoms with van der Waals surface area (Å²) in [6.45, 7) is 6.05. The van der Waals surface area contributed by atoms with Crippen LogP contribution in [0.25, 0.3) is 11.0 Å². The lowest BCUT2D eigenvalue weighted by Crippen LogP contribution is -2.29. The van der Waals surface area contributed by atoms with E-state index in [1.807, 2.05) is 0 Å². The van der Waals surface area contributed by atoms with Gasteiger partial charge in [-0.1, -0.05) is 6.92 Å². The molecule has 170 valence electrons. The summed E-state index contributed by atoms with van der Waals surface area (Å²) in [5, 5.41) is 1.62. The molecule has 0 amide bonds. The zero-order chi connectivity index (χ0) is 22.8. The van der Waals surface area contributed by atoms with Gasteiger partial charge in [0.1, 0.15) is 16.4 Å². The van der Waals surface area contributed by atoms with Crippen LogP contribution in [0, 0.1) is 18.8 Å². The summed E-state index contributed by atoms with van der Waals surface area (Å²) in [6, 6.07) is 1.92. The van der Waals surface area contributed by atoms with Crippen molar-refractivity contribution in [1.82, 2.24) is 24.2 Å². The fraction of sp³-hybridized carbons (Fsp3) is 0.476. The van der Waals surface area contributed by atoms with E-state index >= 15 is 0 Å². The predicted molar refractivity (Wildman–Crippen MR) is 124 cm³/mol. The van der Waals surface area contributed by atoms with Gasteiger partial charge in [0.25, 0.3) is 0 Å². The van der Waals surface area contributed by atoms with E-state index in [9.17, 15) is 8.42 Å². The highest BCUT2D eigenvalue weighted by Gasteiger charge is 2.54. The van der Waals surface area contributed by atoms with Crippen LogP contribution in [-0.2, 0) is 16.4 Å². The van der Waals surface area contributed by atoms with Crippen molar-refractivity contribution in [3.63, 3.8) is 0 Å². The standard InChI is InChI=1S/C21H27N7O2S2/c1-5-16-11(2)17-19(24-16)25-21(26-20(17)28-9-14-15(10-28)18(14)22)31-12-6-13(8-23-7-12)32(29,30)27(3)4/h6-8,14-15,18H,5,9-10,22H2,1-4H3,(H,24,25,26). The molecule has 2 unspecified atom stereocenters. The van der Waals surface area contributed by atoms with E-state index in [0.29, 0.717) is 27.9 Å². The fourth-order valence-corrected chi connectivity index (χ4v) is 6.28. The summed E-state index contributed by atoms with van der Waals surface area (Å²) in [7, 11) is -0.562. The van der Waals surface area contributed by atoms with Crippen LogP contribution in [0.2, 0.25) is 0 Å². The summed E-state index contributed by atoms with van der Waals surface area (Å²) >= 11 is 1.31. The zero-order valence-corrected chi connectivity index (χ0v) is 20.2. The largest absolute Gasteiger partial charge is 0.355 e. The average molecular weight is 474 g/mol. The molecule has 2 aliphatic rings. The Morgan fingerprint density at radius 1 is 1.25 bits per heavy atom. The second-order valence-corrected chi connectivity index (χ2v) is 11.9. The van der Waals surface area contributed by atoms with Crippen LogP contribution in [0.1, 0.15) is 18.2 Å². The van der Waals surface area contributed by atoms with Crippen molar-refractivity contribution in [2.75, 3.05) is 32.1 Å². The molecule has 3 aromatic rings. The van der Waals surface area contributed by atoms with Crippen LogP contribution >= 0.6 is 11.8 Å². The van der Waals surface area contributed by atoms with Gasteiger partial charge in [0.15, 0.2) is 5.16 Å². The molecule has 5 rings (SSSR count). The Morgan fingerprint density at radius 2 is 1.97 bits per heavy atom. The molecule has 1 aliphatic carbocycles. The molecule has 2 fully saturated rings. The third-order valence-electron chi connectivity index (χ3n) is 6.56. The summed E-state index contributed by atoms with van der Waals surface area (Å²) in [5.41, 5.74) is 9.29. The molecular weight excluding hydrogens is 446 g/mol. The molecule has 2 atom stereocenters. The highest BCUT2D eigenvalue weighted by Crippen LogP contribution is 2.46. The van der Waals surface area contributed by atoms with E-state index in [-0.39, 0.29) is 4.90 Å². The number of aryl methyl sites for hydroxylation is 2. The summed E-state index contributed by atoms with van der Waals surface area (Å²) < 4.78 is 26.2. The van der Waals surface area contributed by atoms with Crippen LogP contribution < -0.4 is 10.6 Å². The number of rotatable bonds is 6. The van der Waals surface area contributed by atoms with Crippen molar-refractivity contribution >= 4 is 38.6 Å². The molecule has 1 saturated heterocycles. The molecule has 3 N–H and O–H groups in total. The van der Waals surface area contributed by atoms with Crippen LogP contribution in [-0.4, -0.2) is 65.9 Å². The van der Waals surface area contributed by atoms with Gasteiger partial charge in [-0.05, 0) is 48.6 Å². The number of fused-ring (bicyclic) bond motifs is 2. The smallest absolute Gasteiger partial charge is 0.244 e. The third kappa shape index (κ3) is 3.47. The first-order chi connectivity index (χ1) is 15.2. The number of hydrogen-bond donors (Lipinski definition) is 2. The van der Waals surface area contributed by atoms with Gasteiger partial charge < -0.3 is 15.6 Å². The Hall–Kier alpha value is -2.21. The Labute approximate surface area is 191 Å². The molecule has 1 aliphatic heterocycles. The second kappa shape index (κ2) is 7.68. The lowest BCUT2D eigenvalue weighted by molar-refractivity contribution is 0.520. The molecule has 0 spiro atoms. The number of anilines is 1.